The normalized spacial score (nSPS) is 11.8. The highest BCUT2D eigenvalue weighted by atomic mass is 19.1. The molecule has 0 heterocycles. The van der Waals surface area contributed by atoms with E-state index in [1.54, 1.807) is 0 Å². The summed E-state index contributed by atoms with van der Waals surface area (Å²) in [6, 6.07) is 13.3. The van der Waals surface area contributed by atoms with Crippen molar-refractivity contribution in [1.29, 1.82) is 0 Å². The van der Waals surface area contributed by atoms with Crippen LogP contribution in [0.5, 0.6) is 5.75 Å². The van der Waals surface area contributed by atoms with Crippen LogP contribution in [0, 0.1) is 5.82 Å². The molecular formula is C16H17FN2O2. The van der Waals surface area contributed by atoms with Crippen LogP contribution in [-0.4, -0.2) is 19.6 Å². The quantitative estimate of drug-likeness (QED) is 0.887. The van der Waals surface area contributed by atoms with E-state index in [1.807, 2.05) is 30.3 Å². The zero-order chi connectivity index (χ0) is 15.2. The summed E-state index contributed by atoms with van der Waals surface area (Å²) >= 11 is 0. The molecule has 1 amide bonds. The lowest BCUT2D eigenvalue weighted by Gasteiger charge is -2.14. The maximum absolute atomic E-state index is 13.8. The van der Waals surface area contributed by atoms with Gasteiger partial charge in [0, 0.05) is 12.6 Å². The highest BCUT2D eigenvalue weighted by molar-refractivity contribution is 5.97. The molecule has 5 heteroatoms. The minimum atomic E-state index is -0.625. The summed E-state index contributed by atoms with van der Waals surface area (Å²) in [5.41, 5.74) is 6.78. The van der Waals surface area contributed by atoms with Crippen molar-refractivity contribution in [2.75, 3.05) is 13.7 Å². The maximum Gasteiger partial charge on any atom is 0.258 e. The SMILES string of the molecule is COc1cccc(F)c1C(=O)NCC(N)c1ccccc1. The second-order valence-corrected chi connectivity index (χ2v) is 4.54. The molecule has 1 atom stereocenters. The number of hydrogen-bond acceptors (Lipinski definition) is 3. The van der Waals surface area contributed by atoms with E-state index in [4.69, 9.17) is 10.5 Å². The van der Waals surface area contributed by atoms with Gasteiger partial charge in [-0.25, -0.2) is 4.39 Å². The fourth-order valence-electron chi connectivity index (χ4n) is 2.00. The zero-order valence-electron chi connectivity index (χ0n) is 11.7. The molecule has 0 aliphatic carbocycles. The number of carbonyl (C=O) groups is 1. The van der Waals surface area contributed by atoms with Crippen LogP contribution < -0.4 is 15.8 Å². The van der Waals surface area contributed by atoms with E-state index in [9.17, 15) is 9.18 Å². The van der Waals surface area contributed by atoms with Gasteiger partial charge in [-0.05, 0) is 17.7 Å². The van der Waals surface area contributed by atoms with Gasteiger partial charge >= 0.3 is 0 Å². The summed E-state index contributed by atoms with van der Waals surface area (Å²) in [5.74, 6) is -0.975. The van der Waals surface area contributed by atoms with E-state index in [1.165, 1.54) is 25.3 Å². The van der Waals surface area contributed by atoms with E-state index in [-0.39, 0.29) is 23.9 Å². The van der Waals surface area contributed by atoms with Crippen LogP contribution in [0.3, 0.4) is 0 Å². The Morgan fingerprint density at radius 3 is 2.62 bits per heavy atom. The molecule has 0 aromatic heterocycles. The fraction of sp³-hybridized carbons (Fsp3) is 0.188. The van der Waals surface area contributed by atoms with Crippen molar-refractivity contribution in [3.05, 3.63) is 65.5 Å². The van der Waals surface area contributed by atoms with Crippen molar-refractivity contribution >= 4 is 5.91 Å². The first kappa shape index (κ1) is 15.0. The van der Waals surface area contributed by atoms with Crippen LogP contribution >= 0.6 is 0 Å². The third kappa shape index (κ3) is 3.58. The second kappa shape index (κ2) is 6.85. The Bertz CT molecular complexity index is 617. The van der Waals surface area contributed by atoms with Crippen LogP contribution in [0.2, 0.25) is 0 Å². The number of halogens is 1. The average molecular weight is 288 g/mol. The van der Waals surface area contributed by atoms with Crippen molar-refractivity contribution in [3.8, 4) is 5.75 Å². The number of methoxy groups -OCH3 is 1. The molecule has 0 saturated heterocycles. The van der Waals surface area contributed by atoms with Gasteiger partial charge in [0.1, 0.15) is 17.1 Å². The monoisotopic (exact) mass is 288 g/mol. The average Bonchev–Trinajstić information content (AvgIpc) is 2.52. The van der Waals surface area contributed by atoms with Gasteiger partial charge in [0.2, 0.25) is 0 Å². The molecule has 0 radical (unpaired) electrons. The van der Waals surface area contributed by atoms with Crippen LogP contribution in [-0.2, 0) is 0 Å². The van der Waals surface area contributed by atoms with E-state index in [0.29, 0.717) is 0 Å². The standard InChI is InChI=1S/C16H17FN2O2/c1-21-14-9-5-8-12(17)15(14)16(20)19-10-13(18)11-6-3-2-4-7-11/h2-9,13H,10,18H2,1H3,(H,19,20). The van der Waals surface area contributed by atoms with Crippen molar-refractivity contribution in [1.82, 2.24) is 5.32 Å². The molecule has 0 spiro atoms. The molecular weight excluding hydrogens is 271 g/mol. The van der Waals surface area contributed by atoms with Crippen LogP contribution in [0.15, 0.2) is 48.5 Å². The topological polar surface area (TPSA) is 64.3 Å². The summed E-state index contributed by atoms with van der Waals surface area (Å²) in [7, 11) is 1.39. The van der Waals surface area contributed by atoms with E-state index in [0.717, 1.165) is 5.56 Å². The number of nitrogens with one attached hydrogen (secondary N) is 1. The zero-order valence-corrected chi connectivity index (χ0v) is 11.7. The van der Waals surface area contributed by atoms with Gasteiger partial charge in [-0.15, -0.1) is 0 Å². The van der Waals surface area contributed by atoms with Crippen molar-refractivity contribution < 1.29 is 13.9 Å². The molecule has 2 aromatic carbocycles. The van der Waals surface area contributed by atoms with Gasteiger partial charge in [0.25, 0.3) is 5.91 Å². The summed E-state index contributed by atoms with van der Waals surface area (Å²) in [5, 5.41) is 2.63. The van der Waals surface area contributed by atoms with Crippen LogP contribution in [0.1, 0.15) is 22.0 Å². The Hall–Kier alpha value is -2.40. The van der Waals surface area contributed by atoms with Crippen molar-refractivity contribution in [2.45, 2.75) is 6.04 Å². The highest BCUT2D eigenvalue weighted by Gasteiger charge is 2.18. The number of nitrogens with two attached hydrogens (primary N) is 1. The predicted octanol–water partition coefficient (Wildman–Crippen LogP) is 2.26. The third-order valence-electron chi connectivity index (χ3n) is 3.13. The molecule has 4 nitrogen and oxygen atoms in total. The van der Waals surface area contributed by atoms with Crippen molar-refractivity contribution in [3.63, 3.8) is 0 Å². The summed E-state index contributed by atoms with van der Waals surface area (Å²) < 4.78 is 18.8. The molecule has 21 heavy (non-hydrogen) atoms. The first-order chi connectivity index (χ1) is 10.1. The Kier molecular flexibility index (Phi) is 4.90. The molecule has 2 aromatic rings. The highest BCUT2D eigenvalue weighted by Crippen LogP contribution is 2.21. The van der Waals surface area contributed by atoms with Crippen molar-refractivity contribution in [2.24, 2.45) is 5.73 Å². The molecule has 110 valence electrons. The van der Waals surface area contributed by atoms with E-state index in [2.05, 4.69) is 5.32 Å². The number of rotatable bonds is 5. The van der Waals surface area contributed by atoms with Gasteiger partial charge in [-0.1, -0.05) is 36.4 Å². The van der Waals surface area contributed by atoms with Crippen LogP contribution in [0.25, 0.3) is 0 Å². The van der Waals surface area contributed by atoms with Gasteiger partial charge in [0.05, 0.1) is 7.11 Å². The minimum absolute atomic E-state index is 0.111. The number of benzene rings is 2. The second-order valence-electron chi connectivity index (χ2n) is 4.54. The van der Waals surface area contributed by atoms with Gasteiger partial charge in [-0.2, -0.15) is 0 Å². The Balaban J connectivity index is 2.06. The maximum atomic E-state index is 13.8. The van der Waals surface area contributed by atoms with E-state index < -0.39 is 11.7 Å². The number of ether oxygens (including phenoxy) is 1. The number of carbonyl (C=O) groups excluding carboxylic acids is 1. The molecule has 0 saturated carbocycles. The molecule has 3 N–H and O–H groups in total. The lowest BCUT2D eigenvalue weighted by molar-refractivity contribution is 0.0944. The lowest BCUT2D eigenvalue weighted by atomic mass is 10.1. The third-order valence-corrected chi connectivity index (χ3v) is 3.13. The minimum Gasteiger partial charge on any atom is -0.496 e. The first-order valence-corrected chi connectivity index (χ1v) is 6.54. The smallest absolute Gasteiger partial charge is 0.258 e. The predicted molar refractivity (Wildman–Crippen MR) is 78.7 cm³/mol. The molecule has 0 aliphatic rings. The number of hydrogen-bond donors (Lipinski definition) is 2. The molecule has 0 aliphatic heterocycles. The summed E-state index contributed by atoms with van der Waals surface area (Å²) in [4.78, 5) is 12.1. The molecule has 0 fully saturated rings. The lowest BCUT2D eigenvalue weighted by Crippen LogP contribution is -2.32. The Morgan fingerprint density at radius 1 is 1.24 bits per heavy atom. The van der Waals surface area contributed by atoms with E-state index >= 15 is 0 Å². The van der Waals surface area contributed by atoms with Gasteiger partial charge in [0.15, 0.2) is 0 Å². The first-order valence-electron chi connectivity index (χ1n) is 6.54. The van der Waals surface area contributed by atoms with Gasteiger partial charge < -0.3 is 15.8 Å². The molecule has 1 unspecified atom stereocenters. The molecule has 2 rings (SSSR count). The fourth-order valence-corrected chi connectivity index (χ4v) is 2.00. The largest absolute Gasteiger partial charge is 0.496 e. The number of amides is 1. The Labute approximate surface area is 122 Å². The van der Waals surface area contributed by atoms with Gasteiger partial charge in [-0.3, -0.25) is 4.79 Å². The Morgan fingerprint density at radius 2 is 1.95 bits per heavy atom. The van der Waals surface area contributed by atoms with Crippen LogP contribution in [0.4, 0.5) is 4.39 Å². The summed E-state index contributed by atoms with van der Waals surface area (Å²) in [6.45, 7) is 0.209. The summed E-state index contributed by atoms with van der Waals surface area (Å²) in [6.07, 6.45) is 0. The molecule has 0 bridgehead atoms.